The van der Waals surface area contributed by atoms with E-state index in [0.717, 1.165) is 0 Å². The average Bonchev–Trinajstić information content (AvgIpc) is 2.26. The number of nitro groups is 1. The smallest absolute Gasteiger partial charge is 0.344 e. The van der Waals surface area contributed by atoms with Gasteiger partial charge in [-0.1, -0.05) is 20.8 Å². The fourth-order valence-electron chi connectivity index (χ4n) is 1.39. The maximum atomic E-state index is 13.7. The third-order valence-electron chi connectivity index (χ3n) is 2.56. The molecule has 0 heterocycles. The van der Waals surface area contributed by atoms with Gasteiger partial charge in [0.05, 0.1) is 11.5 Å². The third kappa shape index (κ3) is 3.97. The molecule has 0 fully saturated rings. The Morgan fingerprint density at radius 3 is 2.45 bits per heavy atom. The van der Waals surface area contributed by atoms with Crippen LogP contribution >= 0.6 is 0 Å². The summed E-state index contributed by atoms with van der Waals surface area (Å²) in [5, 5.41) is 10.5. The highest BCUT2D eigenvalue weighted by molar-refractivity contribution is 5.90. The van der Waals surface area contributed by atoms with Gasteiger partial charge in [0.2, 0.25) is 5.82 Å². The number of hydrogen-bond acceptors (Lipinski definition) is 4. The second-order valence-corrected chi connectivity index (χ2v) is 5.46. The van der Waals surface area contributed by atoms with Crippen molar-refractivity contribution in [3.63, 3.8) is 0 Å². The van der Waals surface area contributed by atoms with E-state index in [2.05, 4.69) is 0 Å². The molecule has 0 bridgehead atoms. The molecule has 0 aliphatic heterocycles. The molecular weight excluding hydrogens is 272 g/mol. The zero-order valence-electron chi connectivity index (χ0n) is 11.4. The topological polar surface area (TPSA) is 69.4 Å². The standard InChI is InChI=1S/C13H15F2NO4/c1-13(2,3)6-7-20-12(17)10-8(14)4-5-9(11(10)15)16(18)19/h4-5H,6-7H2,1-3H3. The van der Waals surface area contributed by atoms with Gasteiger partial charge in [0.15, 0.2) is 0 Å². The maximum Gasteiger partial charge on any atom is 0.344 e. The molecule has 0 atom stereocenters. The monoisotopic (exact) mass is 287 g/mol. The van der Waals surface area contributed by atoms with Gasteiger partial charge in [-0.05, 0) is 17.9 Å². The summed E-state index contributed by atoms with van der Waals surface area (Å²) in [4.78, 5) is 21.1. The number of carbonyl (C=O) groups excluding carboxylic acids is 1. The lowest BCUT2D eigenvalue weighted by Gasteiger charge is -2.17. The van der Waals surface area contributed by atoms with Crippen molar-refractivity contribution in [1.29, 1.82) is 0 Å². The largest absolute Gasteiger partial charge is 0.462 e. The predicted molar refractivity (Wildman–Crippen MR) is 67.4 cm³/mol. The highest BCUT2D eigenvalue weighted by atomic mass is 19.1. The highest BCUT2D eigenvalue weighted by Crippen LogP contribution is 2.24. The number of hydrogen-bond donors (Lipinski definition) is 0. The van der Waals surface area contributed by atoms with Crippen molar-refractivity contribution >= 4 is 11.7 Å². The fourth-order valence-corrected chi connectivity index (χ4v) is 1.39. The summed E-state index contributed by atoms with van der Waals surface area (Å²) >= 11 is 0. The van der Waals surface area contributed by atoms with Crippen molar-refractivity contribution in [2.75, 3.05) is 6.61 Å². The first-order valence-corrected chi connectivity index (χ1v) is 5.93. The van der Waals surface area contributed by atoms with Crippen LogP contribution in [0, 0.1) is 27.2 Å². The molecule has 0 unspecified atom stereocenters. The molecule has 110 valence electrons. The maximum absolute atomic E-state index is 13.7. The van der Waals surface area contributed by atoms with Crippen LogP contribution in [0.25, 0.3) is 0 Å². The lowest BCUT2D eigenvalue weighted by atomic mass is 9.93. The van der Waals surface area contributed by atoms with Crippen molar-refractivity contribution in [3.8, 4) is 0 Å². The van der Waals surface area contributed by atoms with Gasteiger partial charge >= 0.3 is 11.7 Å². The minimum absolute atomic E-state index is 0.0239. The molecular formula is C13H15F2NO4. The second-order valence-electron chi connectivity index (χ2n) is 5.46. The zero-order chi connectivity index (χ0) is 15.5. The molecule has 0 amide bonds. The molecule has 0 saturated heterocycles. The molecule has 1 rings (SSSR count). The summed E-state index contributed by atoms with van der Waals surface area (Å²) in [6, 6.07) is 1.33. The van der Waals surface area contributed by atoms with Gasteiger partial charge in [-0.15, -0.1) is 0 Å². The van der Waals surface area contributed by atoms with Crippen LogP contribution in [0.3, 0.4) is 0 Å². The summed E-state index contributed by atoms with van der Waals surface area (Å²) in [6.45, 7) is 5.71. The number of nitro benzene ring substituents is 1. The van der Waals surface area contributed by atoms with Crippen LogP contribution in [0.1, 0.15) is 37.6 Å². The average molecular weight is 287 g/mol. The molecule has 0 radical (unpaired) electrons. The number of benzene rings is 1. The number of esters is 1. The van der Waals surface area contributed by atoms with Crippen molar-refractivity contribution in [3.05, 3.63) is 39.4 Å². The van der Waals surface area contributed by atoms with Gasteiger partial charge in [0.1, 0.15) is 11.4 Å². The summed E-state index contributed by atoms with van der Waals surface area (Å²) in [5.41, 5.74) is -2.11. The molecule has 0 aliphatic carbocycles. The lowest BCUT2D eigenvalue weighted by molar-refractivity contribution is -0.387. The van der Waals surface area contributed by atoms with E-state index in [9.17, 15) is 23.7 Å². The number of rotatable bonds is 4. The van der Waals surface area contributed by atoms with Crippen LogP contribution in [0.15, 0.2) is 12.1 Å². The number of halogens is 2. The van der Waals surface area contributed by atoms with E-state index in [0.29, 0.717) is 18.6 Å². The molecule has 0 spiro atoms. The molecule has 0 aliphatic rings. The summed E-state index contributed by atoms with van der Waals surface area (Å²) in [5.74, 6) is -3.95. The van der Waals surface area contributed by atoms with Crippen LogP contribution in [0.2, 0.25) is 0 Å². The molecule has 5 nitrogen and oxygen atoms in total. The van der Waals surface area contributed by atoms with E-state index < -0.39 is 33.8 Å². The van der Waals surface area contributed by atoms with Gasteiger partial charge in [0.25, 0.3) is 0 Å². The number of ether oxygens (including phenoxy) is 1. The SMILES string of the molecule is CC(C)(C)CCOC(=O)c1c(F)ccc([N+](=O)[O-])c1F. The Hall–Kier alpha value is -2.05. The molecule has 1 aromatic rings. The molecule has 20 heavy (non-hydrogen) atoms. The van der Waals surface area contributed by atoms with Crippen molar-refractivity contribution < 1.29 is 23.2 Å². The zero-order valence-corrected chi connectivity index (χ0v) is 11.4. The fraction of sp³-hybridized carbons (Fsp3) is 0.462. The normalized spacial score (nSPS) is 11.2. The minimum Gasteiger partial charge on any atom is -0.462 e. The number of nitrogens with zero attached hydrogens (tertiary/aromatic N) is 1. The van der Waals surface area contributed by atoms with Gasteiger partial charge in [0, 0.05) is 6.07 Å². The van der Waals surface area contributed by atoms with E-state index in [1.807, 2.05) is 20.8 Å². The van der Waals surface area contributed by atoms with Crippen LogP contribution in [0.4, 0.5) is 14.5 Å². The Balaban J connectivity index is 2.93. The van der Waals surface area contributed by atoms with Crippen molar-refractivity contribution in [1.82, 2.24) is 0 Å². The Bertz CT molecular complexity index is 538. The van der Waals surface area contributed by atoms with Crippen molar-refractivity contribution in [2.24, 2.45) is 5.41 Å². The quantitative estimate of drug-likeness (QED) is 0.483. The van der Waals surface area contributed by atoms with E-state index in [4.69, 9.17) is 4.74 Å². The summed E-state index contributed by atoms with van der Waals surface area (Å²) < 4.78 is 31.9. The lowest BCUT2D eigenvalue weighted by Crippen LogP contribution is -2.16. The van der Waals surface area contributed by atoms with E-state index in [1.165, 1.54) is 0 Å². The van der Waals surface area contributed by atoms with Gasteiger partial charge in [-0.25, -0.2) is 9.18 Å². The molecule has 0 saturated carbocycles. The Morgan fingerprint density at radius 1 is 1.35 bits per heavy atom. The van der Waals surface area contributed by atoms with Crippen LogP contribution in [-0.4, -0.2) is 17.5 Å². The Morgan fingerprint density at radius 2 is 1.95 bits per heavy atom. The Labute approximate surface area is 114 Å². The van der Waals surface area contributed by atoms with E-state index in [1.54, 1.807) is 0 Å². The summed E-state index contributed by atoms with van der Waals surface area (Å²) in [7, 11) is 0. The first-order chi connectivity index (χ1) is 9.13. The Kier molecular flexibility index (Phi) is 4.75. The predicted octanol–water partition coefficient (Wildman–Crippen LogP) is 3.47. The second kappa shape index (κ2) is 5.94. The highest BCUT2D eigenvalue weighted by Gasteiger charge is 2.27. The minimum atomic E-state index is -1.52. The van der Waals surface area contributed by atoms with E-state index in [-0.39, 0.29) is 12.0 Å². The molecule has 7 heteroatoms. The van der Waals surface area contributed by atoms with E-state index >= 15 is 0 Å². The van der Waals surface area contributed by atoms with Crippen molar-refractivity contribution in [2.45, 2.75) is 27.2 Å². The van der Waals surface area contributed by atoms with Gasteiger partial charge in [-0.3, -0.25) is 10.1 Å². The van der Waals surface area contributed by atoms with Crippen LogP contribution in [0.5, 0.6) is 0 Å². The van der Waals surface area contributed by atoms with Gasteiger partial charge < -0.3 is 4.74 Å². The third-order valence-corrected chi connectivity index (χ3v) is 2.56. The van der Waals surface area contributed by atoms with Gasteiger partial charge in [-0.2, -0.15) is 4.39 Å². The first kappa shape index (κ1) is 16.0. The summed E-state index contributed by atoms with van der Waals surface area (Å²) in [6.07, 6.45) is 0.497. The molecule has 0 N–H and O–H groups in total. The molecule has 1 aromatic carbocycles. The van der Waals surface area contributed by atoms with Crippen LogP contribution in [-0.2, 0) is 4.74 Å². The number of carbonyl (C=O) groups is 1. The molecule has 0 aromatic heterocycles. The first-order valence-electron chi connectivity index (χ1n) is 5.93. The van der Waals surface area contributed by atoms with Crippen LogP contribution < -0.4 is 0 Å².